The topological polar surface area (TPSA) is 103 Å². The summed E-state index contributed by atoms with van der Waals surface area (Å²) < 4.78 is 10.9. The fourth-order valence-corrected chi connectivity index (χ4v) is 3.44. The van der Waals surface area contributed by atoms with E-state index >= 15 is 0 Å². The molecular formula is C19H29NO6. The summed E-state index contributed by atoms with van der Waals surface area (Å²) in [4.78, 5) is 2.20. The minimum atomic E-state index is -1.32. The second-order valence-electron chi connectivity index (χ2n) is 7.35. The normalized spacial score (nSPS) is 32.0. The molecule has 146 valence electrons. The van der Waals surface area contributed by atoms with Crippen molar-refractivity contribution in [1.29, 1.82) is 0 Å². The predicted octanol–water partition coefficient (Wildman–Crippen LogP) is -0.250. The van der Waals surface area contributed by atoms with Crippen molar-refractivity contribution in [2.24, 2.45) is 5.92 Å². The molecule has 0 bridgehead atoms. The van der Waals surface area contributed by atoms with Crippen LogP contribution in [0, 0.1) is 5.92 Å². The van der Waals surface area contributed by atoms with Crippen LogP contribution < -0.4 is 4.74 Å². The third kappa shape index (κ3) is 4.73. The van der Waals surface area contributed by atoms with Gasteiger partial charge in [-0.15, -0.1) is 0 Å². The molecule has 0 amide bonds. The summed E-state index contributed by atoms with van der Waals surface area (Å²) in [5.74, 6) is 1.45. The number of ether oxygens (including phenoxy) is 2. The van der Waals surface area contributed by atoms with Gasteiger partial charge in [-0.3, -0.25) is 4.90 Å². The highest BCUT2D eigenvalue weighted by Gasteiger charge is 2.44. The molecule has 26 heavy (non-hydrogen) atoms. The zero-order valence-electron chi connectivity index (χ0n) is 15.1. The lowest BCUT2D eigenvalue weighted by Crippen LogP contribution is -2.60. The second kappa shape index (κ2) is 8.65. The van der Waals surface area contributed by atoms with Crippen LogP contribution in [0.5, 0.6) is 5.75 Å². The highest BCUT2D eigenvalue weighted by molar-refractivity contribution is 5.27. The number of aliphatic hydroxyl groups excluding tert-OH is 4. The zero-order chi connectivity index (χ0) is 18.7. The maximum Gasteiger partial charge on any atom is 0.118 e. The molecule has 0 spiro atoms. The highest BCUT2D eigenvalue weighted by atomic mass is 16.5. The number of benzene rings is 1. The van der Waals surface area contributed by atoms with Gasteiger partial charge in [0.25, 0.3) is 0 Å². The summed E-state index contributed by atoms with van der Waals surface area (Å²) in [6.45, 7) is 1.60. The largest absolute Gasteiger partial charge is 0.497 e. The van der Waals surface area contributed by atoms with Crippen molar-refractivity contribution in [1.82, 2.24) is 4.90 Å². The highest BCUT2D eigenvalue weighted by Crippen LogP contribution is 2.31. The fraction of sp³-hybridized carbons (Fsp3) is 0.684. The van der Waals surface area contributed by atoms with E-state index < -0.39 is 37.1 Å². The molecule has 0 aromatic heterocycles. The van der Waals surface area contributed by atoms with E-state index in [-0.39, 0.29) is 0 Å². The summed E-state index contributed by atoms with van der Waals surface area (Å²) in [7, 11) is 1.63. The van der Waals surface area contributed by atoms with Crippen LogP contribution in [-0.4, -0.2) is 82.7 Å². The summed E-state index contributed by atoms with van der Waals surface area (Å²) in [6, 6.07) is 7.84. The zero-order valence-corrected chi connectivity index (χ0v) is 15.1. The van der Waals surface area contributed by atoms with Gasteiger partial charge in [-0.05, 0) is 36.5 Å². The van der Waals surface area contributed by atoms with Gasteiger partial charge in [0.2, 0.25) is 0 Å². The second-order valence-corrected chi connectivity index (χ2v) is 7.35. The number of rotatable bonds is 8. The van der Waals surface area contributed by atoms with Gasteiger partial charge in [-0.1, -0.05) is 12.1 Å². The molecule has 2 aliphatic rings. The van der Waals surface area contributed by atoms with Crippen molar-refractivity contribution >= 4 is 0 Å². The first-order valence-electron chi connectivity index (χ1n) is 9.17. The molecule has 1 saturated carbocycles. The first kappa shape index (κ1) is 19.5. The van der Waals surface area contributed by atoms with E-state index in [1.807, 2.05) is 24.3 Å². The van der Waals surface area contributed by atoms with Gasteiger partial charge in [-0.2, -0.15) is 0 Å². The standard InChI is InChI=1S/C19H29NO6/c1-25-14-6-4-13(5-7-14)9-20(8-12-2-3-12)10-15-17(22)19(24)18(23)16(11-21)26-15/h4-7,12,15-19,21-24H,2-3,8-11H2,1H3/t15-,16+,17+,18+,19+/m0/s1. The van der Waals surface area contributed by atoms with E-state index in [4.69, 9.17) is 9.47 Å². The number of hydrogen-bond donors (Lipinski definition) is 4. The maximum absolute atomic E-state index is 10.3. The summed E-state index contributed by atoms with van der Waals surface area (Å²) in [5.41, 5.74) is 1.12. The van der Waals surface area contributed by atoms with Crippen molar-refractivity contribution in [3.63, 3.8) is 0 Å². The van der Waals surface area contributed by atoms with E-state index in [9.17, 15) is 20.4 Å². The van der Waals surface area contributed by atoms with Crippen LogP contribution in [0.2, 0.25) is 0 Å². The van der Waals surface area contributed by atoms with Gasteiger partial charge in [0.1, 0.15) is 30.2 Å². The van der Waals surface area contributed by atoms with E-state index in [2.05, 4.69) is 4.90 Å². The first-order chi connectivity index (χ1) is 12.5. The molecule has 1 saturated heterocycles. The lowest BCUT2D eigenvalue weighted by Gasteiger charge is -2.41. The molecule has 1 aliphatic carbocycles. The Morgan fingerprint density at radius 3 is 2.23 bits per heavy atom. The minimum Gasteiger partial charge on any atom is -0.497 e. The molecule has 2 fully saturated rings. The lowest BCUT2D eigenvalue weighted by molar-refractivity contribution is -0.232. The Bertz CT molecular complexity index is 562. The lowest BCUT2D eigenvalue weighted by atomic mass is 9.94. The molecule has 1 aromatic carbocycles. The average molecular weight is 367 g/mol. The summed E-state index contributed by atoms with van der Waals surface area (Å²) in [6.07, 6.45) is -2.95. The Morgan fingerprint density at radius 1 is 1.00 bits per heavy atom. The van der Waals surface area contributed by atoms with Crippen LogP contribution in [0.15, 0.2) is 24.3 Å². The molecule has 7 nitrogen and oxygen atoms in total. The van der Waals surface area contributed by atoms with Crippen molar-refractivity contribution in [2.45, 2.75) is 49.9 Å². The van der Waals surface area contributed by atoms with Crippen molar-refractivity contribution in [3.8, 4) is 5.75 Å². The quantitative estimate of drug-likeness (QED) is 0.502. The van der Waals surface area contributed by atoms with Crippen LogP contribution in [0.1, 0.15) is 18.4 Å². The van der Waals surface area contributed by atoms with E-state index in [1.165, 1.54) is 12.8 Å². The number of aliphatic hydroxyl groups is 4. The monoisotopic (exact) mass is 367 g/mol. The van der Waals surface area contributed by atoms with Crippen LogP contribution in [0.4, 0.5) is 0 Å². The fourth-order valence-electron chi connectivity index (χ4n) is 3.44. The Kier molecular flexibility index (Phi) is 6.50. The Balaban J connectivity index is 1.66. The third-order valence-corrected chi connectivity index (χ3v) is 5.21. The number of methoxy groups -OCH3 is 1. The first-order valence-corrected chi connectivity index (χ1v) is 9.17. The van der Waals surface area contributed by atoms with Gasteiger partial charge in [-0.25, -0.2) is 0 Å². The molecule has 5 atom stereocenters. The molecule has 0 radical (unpaired) electrons. The number of hydrogen-bond acceptors (Lipinski definition) is 7. The molecule has 3 rings (SSSR count). The summed E-state index contributed by atoms with van der Waals surface area (Å²) in [5, 5.41) is 39.6. The molecule has 1 aromatic rings. The van der Waals surface area contributed by atoms with Gasteiger partial charge < -0.3 is 29.9 Å². The molecule has 1 heterocycles. The van der Waals surface area contributed by atoms with E-state index in [1.54, 1.807) is 7.11 Å². The molecule has 7 heteroatoms. The Labute approximate surface area is 153 Å². The van der Waals surface area contributed by atoms with Gasteiger partial charge >= 0.3 is 0 Å². The molecule has 0 unspecified atom stereocenters. The number of nitrogens with zero attached hydrogens (tertiary/aromatic N) is 1. The smallest absolute Gasteiger partial charge is 0.118 e. The summed E-state index contributed by atoms with van der Waals surface area (Å²) >= 11 is 0. The minimum absolute atomic E-state index is 0.400. The third-order valence-electron chi connectivity index (χ3n) is 5.21. The Hall–Kier alpha value is -1.22. The van der Waals surface area contributed by atoms with Gasteiger partial charge in [0.05, 0.1) is 19.8 Å². The van der Waals surface area contributed by atoms with E-state index in [0.717, 1.165) is 17.9 Å². The van der Waals surface area contributed by atoms with Crippen LogP contribution >= 0.6 is 0 Å². The van der Waals surface area contributed by atoms with Crippen molar-refractivity contribution in [3.05, 3.63) is 29.8 Å². The van der Waals surface area contributed by atoms with Crippen LogP contribution in [-0.2, 0) is 11.3 Å². The average Bonchev–Trinajstić information content (AvgIpc) is 3.46. The van der Waals surface area contributed by atoms with Crippen molar-refractivity contribution in [2.75, 3.05) is 26.8 Å². The molecular weight excluding hydrogens is 338 g/mol. The molecule has 1 aliphatic heterocycles. The van der Waals surface area contributed by atoms with Gasteiger partial charge in [0.15, 0.2) is 0 Å². The van der Waals surface area contributed by atoms with Crippen molar-refractivity contribution < 1.29 is 29.9 Å². The maximum atomic E-state index is 10.3. The van der Waals surface area contributed by atoms with Gasteiger partial charge in [0, 0.05) is 19.6 Å². The van der Waals surface area contributed by atoms with E-state index in [0.29, 0.717) is 19.0 Å². The Morgan fingerprint density at radius 2 is 1.65 bits per heavy atom. The predicted molar refractivity (Wildman–Crippen MR) is 94.8 cm³/mol. The SMILES string of the molecule is COc1ccc(CN(CC2CC2)C[C@@H]2O[C@H](CO)[C@@H](O)[C@H](O)[C@@H]2O)cc1. The van der Waals surface area contributed by atoms with Crippen LogP contribution in [0.3, 0.4) is 0 Å². The van der Waals surface area contributed by atoms with Crippen LogP contribution in [0.25, 0.3) is 0 Å². The molecule has 4 N–H and O–H groups in total.